The molecule has 128 valence electrons. The van der Waals surface area contributed by atoms with Crippen molar-refractivity contribution >= 4 is 33.8 Å². The highest BCUT2D eigenvalue weighted by Crippen LogP contribution is 2.34. The van der Waals surface area contributed by atoms with Crippen molar-refractivity contribution in [2.45, 2.75) is 26.9 Å². The van der Waals surface area contributed by atoms with Gasteiger partial charge in [-0.15, -0.1) is 11.3 Å². The second-order valence-corrected chi connectivity index (χ2v) is 7.02. The molecule has 0 radical (unpaired) electrons. The van der Waals surface area contributed by atoms with Crippen LogP contribution in [0, 0.1) is 25.2 Å². The van der Waals surface area contributed by atoms with Gasteiger partial charge >= 0.3 is 0 Å². The summed E-state index contributed by atoms with van der Waals surface area (Å²) >= 11 is 1.36. The number of carbonyl (C=O) groups is 2. The summed E-state index contributed by atoms with van der Waals surface area (Å²) in [6.45, 7) is 5.27. The van der Waals surface area contributed by atoms with Crippen molar-refractivity contribution in [3.8, 4) is 11.8 Å². The zero-order valence-corrected chi connectivity index (χ0v) is 14.9. The fourth-order valence-corrected chi connectivity index (χ4v) is 3.71. The Kier molecular flexibility index (Phi) is 4.47. The van der Waals surface area contributed by atoms with Crippen molar-refractivity contribution in [3.05, 3.63) is 40.3 Å². The molecule has 0 saturated heterocycles. The number of amides is 2. The number of fused-ring (bicyclic) bond motifs is 1. The topological polar surface area (TPSA) is 82.4 Å². The van der Waals surface area contributed by atoms with E-state index in [4.69, 9.17) is 4.74 Å². The molecule has 2 heterocycles. The largest absolute Gasteiger partial charge is 0.479 e. The number of thiophene rings is 1. The highest BCUT2D eigenvalue weighted by Gasteiger charge is 2.32. The van der Waals surface area contributed by atoms with Crippen LogP contribution in [0.4, 0.5) is 10.7 Å². The van der Waals surface area contributed by atoms with E-state index in [-0.39, 0.29) is 18.4 Å². The molecule has 1 aromatic heterocycles. The van der Waals surface area contributed by atoms with Gasteiger partial charge < -0.3 is 10.1 Å². The van der Waals surface area contributed by atoms with Crippen molar-refractivity contribution in [2.24, 2.45) is 0 Å². The third-order valence-electron chi connectivity index (χ3n) is 4.13. The fraction of sp³-hybridized carbons (Fsp3) is 0.278. The molecule has 25 heavy (non-hydrogen) atoms. The predicted molar refractivity (Wildman–Crippen MR) is 96.0 cm³/mol. The third-order valence-corrected chi connectivity index (χ3v) is 5.25. The molecule has 0 spiro atoms. The summed E-state index contributed by atoms with van der Waals surface area (Å²) in [5.41, 5.74) is 1.90. The fourth-order valence-electron chi connectivity index (χ4n) is 2.68. The molecule has 6 nitrogen and oxygen atoms in total. The Balaban J connectivity index is 1.83. The normalized spacial score (nSPS) is 16.0. The van der Waals surface area contributed by atoms with E-state index in [1.54, 1.807) is 25.1 Å². The van der Waals surface area contributed by atoms with Gasteiger partial charge in [0.25, 0.3) is 5.91 Å². The van der Waals surface area contributed by atoms with E-state index in [2.05, 4.69) is 11.4 Å². The highest BCUT2D eigenvalue weighted by atomic mass is 32.1. The number of nitrogens with zero attached hydrogens (tertiary/aromatic N) is 2. The average molecular weight is 355 g/mol. The molecule has 0 fully saturated rings. The van der Waals surface area contributed by atoms with Gasteiger partial charge in [-0.05, 0) is 38.5 Å². The van der Waals surface area contributed by atoms with Gasteiger partial charge in [0.05, 0.1) is 11.3 Å². The molecule has 1 N–H and O–H groups in total. The van der Waals surface area contributed by atoms with Crippen molar-refractivity contribution in [1.82, 2.24) is 0 Å². The minimum atomic E-state index is -0.649. The zero-order chi connectivity index (χ0) is 18.1. The monoisotopic (exact) mass is 355 g/mol. The summed E-state index contributed by atoms with van der Waals surface area (Å²) in [4.78, 5) is 27.3. The molecule has 2 amide bonds. The van der Waals surface area contributed by atoms with Crippen LogP contribution in [-0.2, 0) is 9.59 Å². The minimum Gasteiger partial charge on any atom is -0.479 e. The van der Waals surface area contributed by atoms with E-state index in [0.717, 1.165) is 10.4 Å². The quantitative estimate of drug-likeness (QED) is 0.917. The SMILES string of the molecule is Cc1sc(NC(=O)CN2C(=O)C(C)Oc3ccccc32)c(C#N)c1C. The van der Waals surface area contributed by atoms with E-state index in [0.29, 0.717) is 22.0 Å². The van der Waals surface area contributed by atoms with Crippen LogP contribution >= 0.6 is 11.3 Å². The van der Waals surface area contributed by atoms with E-state index in [1.165, 1.54) is 16.2 Å². The summed E-state index contributed by atoms with van der Waals surface area (Å²) in [6.07, 6.45) is -0.649. The molecule has 0 bridgehead atoms. The molecule has 0 aliphatic carbocycles. The van der Waals surface area contributed by atoms with Crippen molar-refractivity contribution in [1.29, 1.82) is 5.26 Å². The van der Waals surface area contributed by atoms with Gasteiger partial charge in [0.2, 0.25) is 5.91 Å². The van der Waals surface area contributed by atoms with Gasteiger partial charge in [0.1, 0.15) is 23.4 Å². The number of rotatable bonds is 3. The first kappa shape index (κ1) is 17.0. The molecule has 1 aliphatic heterocycles. The van der Waals surface area contributed by atoms with Crippen LogP contribution in [-0.4, -0.2) is 24.5 Å². The summed E-state index contributed by atoms with van der Waals surface area (Å²) in [5.74, 6) is -0.0502. The van der Waals surface area contributed by atoms with Crippen LogP contribution in [0.25, 0.3) is 0 Å². The number of hydrogen-bond donors (Lipinski definition) is 1. The first-order chi connectivity index (χ1) is 11.9. The molecule has 0 saturated carbocycles. The lowest BCUT2D eigenvalue weighted by molar-refractivity contribution is -0.127. The van der Waals surface area contributed by atoms with Crippen molar-refractivity contribution < 1.29 is 14.3 Å². The van der Waals surface area contributed by atoms with Gasteiger partial charge in [-0.3, -0.25) is 14.5 Å². The van der Waals surface area contributed by atoms with Crippen LogP contribution < -0.4 is 15.0 Å². The summed E-state index contributed by atoms with van der Waals surface area (Å²) in [6, 6.07) is 9.23. The van der Waals surface area contributed by atoms with Crippen LogP contribution in [0.5, 0.6) is 5.75 Å². The maximum absolute atomic E-state index is 12.5. The second kappa shape index (κ2) is 6.57. The number of hydrogen-bond acceptors (Lipinski definition) is 5. The van der Waals surface area contributed by atoms with E-state index >= 15 is 0 Å². The first-order valence-electron chi connectivity index (χ1n) is 7.79. The minimum absolute atomic E-state index is 0.135. The van der Waals surface area contributed by atoms with Crippen LogP contribution in [0.1, 0.15) is 22.9 Å². The summed E-state index contributed by atoms with van der Waals surface area (Å²) < 4.78 is 5.57. The van der Waals surface area contributed by atoms with Gasteiger partial charge in [0.15, 0.2) is 6.10 Å². The molecule has 1 aliphatic rings. The second-order valence-electron chi connectivity index (χ2n) is 5.80. The maximum atomic E-state index is 12.5. The number of ether oxygens (including phenoxy) is 1. The lowest BCUT2D eigenvalue weighted by Crippen LogP contribution is -2.47. The lowest BCUT2D eigenvalue weighted by atomic mass is 10.2. The van der Waals surface area contributed by atoms with Crippen LogP contribution in [0.2, 0.25) is 0 Å². The number of benzene rings is 1. The molecule has 3 rings (SSSR count). The number of aryl methyl sites for hydroxylation is 1. The van der Waals surface area contributed by atoms with Gasteiger partial charge in [0, 0.05) is 4.88 Å². The smallest absolute Gasteiger partial charge is 0.268 e. The number of nitriles is 1. The number of anilines is 2. The number of para-hydroxylation sites is 2. The number of nitrogens with one attached hydrogen (secondary N) is 1. The molecule has 1 atom stereocenters. The Bertz CT molecular complexity index is 897. The summed E-state index contributed by atoms with van der Waals surface area (Å²) in [5, 5.41) is 12.6. The number of carbonyl (C=O) groups excluding carboxylic acids is 2. The highest BCUT2D eigenvalue weighted by molar-refractivity contribution is 7.16. The third kappa shape index (κ3) is 3.08. The van der Waals surface area contributed by atoms with Crippen LogP contribution in [0.3, 0.4) is 0 Å². The van der Waals surface area contributed by atoms with E-state index < -0.39 is 6.10 Å². The average Bonchev–Trinajstić information content (AvgIpc) is 2.85. The van der Waals surface area contributed by atoms with E-state index in [9.17, 15) is 14.9 Å². The Hall–Kier alpha value is -2.85. The Morgan fingerprint density at radius 1 is 1.40 bits per heavy atom. The molecule has 1 unspecified atom stereocenters. The standard InChI is InChI=1S/C18H17N3O3S/c1-10-12(3)25-17(13(10)8-19)20-16(22)9-21-14-6-4-5-7-15(14)24-11(2)18(21)23/h4-7,11H,9H2,1-3H3,(H,20,22). The van der Waals surface area contributed by atoms with Crippen LogP contribution in [0.15, 0.2) is 24.3 Å². The lowest BCUT2D eigenvalue weighted by Gasteiger charge is -2.32. The van der Waals surface area contributed by atoms with Crippen molar-refractivity contribution in [2.75, 3.05) is 16.8 Å². The molecular weight excluding hydrogens is 338 g/mol. The van der Waals surface area contributed by atoms with Gasteiger partial charge in [-0.25, -0.2) is 0 Å². The molecule has 7 heteroatoms. The van der Waals surface area contributed by atoms with Gasteiger partial charge in [-0.2, -0.15) is 5.26 Å². The maximum Gasteiger partial charge on any atom is 0.268 e. The molecule has 1 aromatic carbocycles. The first-order valence-corrected chi connectivity index (χ1v) is 8.61. The molecular formula is C18H17N3O3S. The predicted octanol–water partition coefficient (Wildman–Crippen LogP) is 2.99. The zero-order valence-electron chi connectivity index (χ0n) is 14.1. The van der Waals surface area contributed by atoms with E-state index in [1.807, 2.05) is 19.9 Å². The Morgan fingerprint density at radius 2 is 2.12 bits per heavy atom. The molecule has 2 aromatic rings. The Morgan fingerprint density at radius 3 is 2.84 bits per heavy atom. The van der Waals surface area contributed by atoms with Gasteiger partial charge in [-0.1, -0.05) is 12.1 Å². The Labute approximate surface area is 149 Å². The summed E-state index contributed by atoms with van der Waals surface area (Å²) in [7, 11) is 0. The van der Waals surface area contributed by atoms with Crippen molar-refractivity contribution in [3.63, 3.8) is 0 Å².